The molecule has 14 heteroatoms. The van der Waals surface area contributed by atoms with Crippen molar-refractivity contribution >= 4 is 0 Å². The molecule has 0 bridgehead atoms. The van der Waals surface area contributed by atoms with Crippen LogP contribution in [0.25, 0.3) is 0 Å². The van der Waals surface area contributed by atoms with Crippen molar-refractivity contribution in [3.05, 3.63) is 30.1 Å². The van der Waals surface area contributed by atoms with Crippen LogP contribution in [0.2, 0.25) is 0 Å². The van der Waals surface area contributed by atoms with Gasteiger partial charge in [-0.1, -0.05) is 6.07 Å². The van der Waals surface area contributed by atoms with E-state index in [1.807, 2.05) is 12.1 Å². The van der Waals surface area contributed by atoms with E-state index in [9.17, 15) is 30.6 Å². The molecule has 10 atom stereocenters. The number of hydrogen-bond donors (Lipinski definition) is 7. The van der Waals surface area contributed by atoms with Crippen LogP contribution in [0.3, 0.4) is 0 Å². The maximum Gasteiger partial charge on any atom is 0.187 e. The molecule has 0 spiro atoms. The van der Waals surface area contributed by atoms with Crippen LogP contribution in [0.4, 0.5) is 0 Å². The third-order valence-corrected chi connectivity index (χ3v) is 6.19. The zero-order chi connectivity index (χ0) is 28.6. The number of ether oxygens (including phenoxy) is 5. The maximum absolute atomic E-state index is 10.7. The lowest BCUT2D eigenvalue weighted by Crippen LogP contribution is -2.65. The third-order valence-electron chi connectivity index (χ3n) is 6.19. The molecule has 0 aliphatic carbocycles. The van der Waals surface area contributed by atoms with Crippen LogP contribution in [0, 0.1) is 0 Å². The van der Waals surface area contributed by atoms with Crippen LogP contribution in [0.1, 0.15) is 32.8 Å². The van der Waals surface area contributed by atoms with Gasteiger partial charge in [-0.15, -0.1) is 0 Å². The first-order valence-electron chi connectivity index (χ1n) is 13.0. The SMILES string of the molecule is CC(C)(C)O[C@@H]1C(CO)O[C@@H](O[C@H]2C(CO)O[C@@H](OCCCNOCc3cccnc3)C(O)[C@@H]2O)C(O)[C@@H]1O. The van der Waals surface area contributed by atoms with Crippen LogP contribution in [-0.4, -0.2) is 129 Å². The molecule has 7 N–H and O–H groups in total. The molecule has 14 nitrogen and oxygen atoms in total. The topological polar surface area (TPSA) is 202 Å². The van der Waals surface area contributed by atoms with E-state index in [4.69, 9.17) is 28.5 Å². The quantitative estimate of drug-likeness (QED) is 0.102. The van der Waals surface area contributed by atoms with Gasteiger partial charge in [0.25, 0.3) is 0 Å². The Morgan fingerprint density at radius 1 is 0.923 bits per heavy atom. The summed E-state index contributed by atoms with van der Waals surface area (Å²) in [5.74, 6) is 0. The van der Waals surface area contributed by atoms with Crippen molar-refractivity contribution in [2.75, 3.05) is 26.4 Å². The van der Waals surface area contributed by atoms with Gasteiger partial charge >= 0.3 is 0 Å². The van der Waals surface area contributed by atoms with Crippen molar-refractivity contribution in [3.63, 3.8) is 0 Å². The van der Waals surface area contributed by atoms with E-state index in [1.54, 1.807) is 33.2 Å². The molecule has 2 saturated heterocycles. The van der Waals surface area contributed by atoms with Gasteiger partial charge in [-0.05, 0) is 38.8 Å². The summed E-state index contributed by atoms with van der Waals surface area (Å²) in [4.78, 5) is 9.34. The van der Waals surface area contributed by atoms with Crippen molar-refractivity contribution in [3.8, 4) is 0 Å². The standard InChI is InChI=1S/C25H42N2O12/c1-25(2,3)39-22-16(12-29)37-24(20(33)18(22)31)38-21-15(11-28)36-23(19(32)17(21)30)34-9-5-8-27-35-13-14-6-4-7-26-10-14/h4,6-7,10,15-24,27-33H,5,8-9,11-13H2,1-3H3/t15?,16?,17-,18-,19?,20?,21-,22+,23+,24-/m0/s1. The number of nitrogens with zero attached hydrogens (tertiary/aromatic N) is 1. The van der Waals surface area contributed by atoms with Gasteiger partial charge in [0.2, 0.25) is 0 Å². The molecule has 2 fully saturated rings. The Morgan fingerprint density at radius 2 is 1.56 bits per heavy atom. The first kappa shape index (κ1) is 32.1. The summed E-state index contributed by atoms with van der Waals surface area (Å²) in [6.07, 6.45) is -9.78. The summed E-state index contributed by atoms with van der Waals surface area (Å²) in [6.45, 7) is 5.01. The number of aromatic nitrogens is 1. The van der Waals surface area contributed by atoms with Gasteiger partial charge in [-0.3, -0.25) is 9.82 Å². The average Bonchev–Trinajstić information content (AvgIpc) is 2.91. The van der Waals surface area contributed by atoms with E-state index in [0.29, 0.717) is 19.6 Å². The highest BCUT2D eigenvalue weighted by molar-refractivity contribution is 5.06. The lowest BCUT2D eigenvalue weighted by atomic mass is 9.96. The third kappa shape index (κ3) is 9.06. The van der Waals surface area contributed by atoms with E-state index in [-0.39, 0.29) is 6.61 Å². The van der Waals surface area contributed by atoms with Crippen LogP contribution in [0.15, 0.2) is 24.5 Å². The normalized spacial score (nSPS) is 35.7. The smallest absolute Gasteiger partial charge is 0.187 e. The summed E-state index contributed by atoms with van der Waals surface area (Å²) in [7, 11) is 0. The molecular formula is C25H42N2O12. The fourth-order valence-corrected chi connectivity index (χ4v) is 4.27. The Balaban J connectivity index is 1.48. The first-order chi connectivity index (χ1) is 18.6. The number of aliphatic hydroxyl groups is 6. The molecule has 3 rings (SSSR count). The second-order valence-electron chi connectivity index (χ2n) is 10.5. The number of pyridine rings is 1. The van der Waals surface area contributed by atoms with Gasteiger partial charge in [-0.2, -0.15) is 0 Å². The predicted octanol–water partition coefficient (Wildman–Crippen LogP) is -2.04. The minimum absolute atomic E-state index is 0.144. The van der Waals surface area contributed by atoms with Crippen LogP contribution in [0.5, 0.6) is 0 Å². The molecule has 1 aromatic heterocycles. The molecule has 2 aliphatic heterocycles. The van der Waals surface area contributed by atoms with Crippen molar-refractivity contribution in [1.29, 1.82) is 0 Å². The second-order valence-corrected chi connectivity index (χ2v) is 10.5. The fraction of sp³-hybridized carbons (Fsp3) is 0.800. The van der Waals surface area contributed by atoms with E-state index in [0.717, 1.165) is 5.56 Å². The lowest BCUT2D eigenvalue weighted by Gasteiger charge is -2.47. The average molecular weight is 563 g/mol. The molecule has 0 amide bonds. The van der Waals surface area contributed by atoms with Crippen molar-refractivity contribution in [2.45, 2.75) is 101 Å². The number of hydroxylamine groups is 1. The fourth-order valence-electron chi connectivity index (χ4n) is 4.27. The Labute approximate surface area is 227 Å². The Bertz CT molecular complexity index is 827. The van der Waals surface area contributed by atoms with E-state index in [1.165, 1.54) is 0 Å². The first-order valence-corrected chi connectivity index (χ1v) is 13.0. The molecular weight excluding hydrogens is 520 g/mol. The van der Waals surface area contributed by atoms with E-state index in [2.05, 4.69) is 10.5 Å². The molecule has 0 saturated carbocycles. The molecule has 4 unspecified atom stereocenters. The molecule has 0 aromatic carbocycles. The number of aliphatic hydroxyl groups excluding tert-OH is 6. The molecule has 39 heavy (non-hydrogen) atoms. The number of hydrogen-bond acceptors (Lipinski definition) is 14. The van der Waals surface area contributed by atoms with Crippen LogP contribution < -0.4 is 5.48 Å². The number of nitrogens with one attached hydrogen (secondary N) is 1. The molecule has 2 aliphatic rings. The van der Waals surface area contributed by atoms with Crippen molar-refractivity contribution in [2.24, 2.45) is 0 Å². The summed E-state index contributed by atoms with van der Waals surface area (Å²) < 4.78 is 28.2. The number of rotatable bonds is 13. The Morgan fingerprint density at radius 3 is 2.21 bits per heavy atom. The van der Waals surface area contributed by atoms with Crippen molar-refractivity contribution < 1.29 is 59.2 Å². The maximum atomic E-state index is 10.7. The summed E-state index contributed by atoms with van der Waals surface area (Å²) in [5.41, 5.74) is 3.00. The van der Waals surface area contributed by atoms with Crippen LogP contribution in [-0.2, 0) is 35.1 Å². The predicted molar refractivity (Wildman–Crippen MR) is 133 cm³/mol. The zero-order valence-electron chi connectivity index (χ0n) is 22.4. The van der Waals surface area contributed by atoms with Gasteiger partial charge in [0.15, 0.2) is 12.6 Å². The van der Waals surface area contributed by atoms with Gasteiger partial charge in [-0.25, -0.2) is 5.48 Å². The molecule has 3 heterocycles. The largest absolute Gasteiger partial charge is 0.394 e. The van der Waals surface area contributed by atoms with E-state index >= 15 is 0 Å². The van der Waals surface area contributed by atoms with Crippen LogP contribution >= 0.6 is 0 Å². The monoisotopic (exact) mass is 562 g/mol. The van der Waals surface area contributed by atoms with Gasteiger partial charge < -0.3 is 54.3 Å². The van der Waals surface area contributed by atoms with Gasteiger partial charge in [0, 0.05) is 18.9 Å². The molecule has 1 aromatic rings. The summed E-state index contributed by atoms with van der Waals surface area (Å²) in [6, 6.07) is 3.69. The summed E-state index contributed by atoms with van der Waals surface area (Å²) >= 11 is 0. The Hall–Kier alpha value is -1.37. The highest BCUT2D eigenvalue weighted by Crippen LogP contribution is 2.31. The molecule has 224 valence electrons. The van der Waals surface area contributed by atoms with E-state index < -0.39 is 80.2 Å². The second kappa shape index (κ2) is 15.0. The summed E-state index contributed by atoms with van der Waals surface area (Å²) in [5, 5.41) is 62.2. The highest BCUT2D eigenvalue weighted by Gasteiger charge is 2.51. The lowest BCUT2D eigenvalue weighted by molar-refractivity contribution is -0.364. The minimum atomic E-state index is -1.62. The van der Waals surface area contributed by atoms with Gasteiger partial charge in [0.1, 0.15) is 48.8 Å². The minimum Gasteiger partial charge on any atom is -0.394 e. The Kier molecular flexibility index (Phi) is 12.4. The highest BCUT2D eigenvalue weighted by atomic mass is 16.7. The van der Waals surface area contributed by atoms with Crippen molar-refractivity contribution in [1.82, 2.24) is 10.5 Å². The zero-order valence-corrected chi connectivity index (χ0v) is 22.4. The van der Waals surface area contributed by atoms with Gasteiger partial charge in [0.05, 0.1) is 32.0 Å². The molecule has 0 radical (unpaired) electrons.